The van der Waals surface area contributed by atoms with Crippen molar-refractivity contribution in [3.63, 3.8) is 0 Å². The van der Waals surface area contributed by atoms with Crippen LogP contribution in [0.15, 0.2) is 48.5 Å². The van der Waals surface area contributed by atoms with E-state index in [0.717, 1.165) is 11.6 Å². The van der Waals surface area contributed by atoms with E-state index in [1.807, 2.05) is 0 Å². The van der Waals surface area contributed by atoms with Gasteiger partial charge in [0.2, 0.25) is 0 Å². The SMILES string of the molecule is NC(=O)n1nc(C(=O)OCc2ccccc2)cc1NC(=O)c1cc(F)c(F)cc1Cl. The molecule has 2 amide bonds. The van der Waals surface area contributed by atoms with Crippen LogP contribution in [0.25, 0.3) is 0 Å². The number of carbonyl (C=O) groups is 3. The van der Waals surface area contributed by atoms with Gasteiger partial charge in [0.1, 0.15) is 12.4 Å². The van der Waals surface area contributed by atoms with Crippen molar-refractivity contribution in [2.75, 3.05) is 5.32 Å². The molecule has 3 N–H and O–H groups in total. The van der Waals surface area contributed by atoms with E-state index >= 15 is 0 Å². The van der Waals surface area contributed by atoms with Crippen LogP contribution < -0.4 is 11.1 Å². The number of ether oxygens (including phenoxy) is 1. The lowest BCUT2D eigenvalue weighted by Gasteiger charge is -2.07. The number of nitrogens with zero attached hydrogens (tertiary/aromatic N) is 2. The number of nitrogens with two attached hydrogens (primary N) is 1. The Kier molecular flexibility index (Phi) is 6.07. The van der Waals surface area contributed by atoms with E-state index in [1.54, 1.807) is 30.3 Å². The number of anilines is 1. The molecule has 0 aliphatic carbocycles. The van der Waals surface area contributed by atoms with Gasteiger partial charge in [0.05, 0.1) is 10.6 Å². The fourth-order valence-electron chi connectivity index (χ4n) is 2.42. The van der Waals surface area contributed by atoms with Crippen LogP contribution in [0.1, 0.15) is 26.4 Å². The number of carbonyl (C=O) groups excluding carboxylic acids is 3. The summed E-state index contributed by atoms with van der Waals surface area (Å²) in [6.45, 7) is -0.0464. The predicted octanol–water partition coefficient (Wildman–Crippen LogP) is 3.35. The number of nitrogens with one attached hydrogen (secondary N) is 1. The maximum absolute atomic E-state index is 13.4. The third kappa shape index (κ3) is 4.61. The second kappa shape index (κ2) is 8.70. The molecular weight excluding hydrogens is 422 g/mol. The van der Waals surface area contributed by atoms with Crippen LogP contribution in [0.3, 0.4) is 0 Å². The quantitative estimate of drug-likeness (QED) is 0.472. The first-order valence-corrected chi connectivity index (χ1v) is 8.71. The van der Waals surface area contributed by atoms with Gasteiger partial charge < -0.3 is 15.8 Å². The molecule has 0 spiro atoms. The summed E-state index contributed by atoms with van der Waals surface area (Å²) < 4.78 is 32.3. The fourth-order valence-corrected chi connectivity index (χ4v) is 2.65. The molecular formula is C19H13ClF2N4O4. The molecule has 0 unspecified atom stereocenters. The van der Waals surface area contributed by atoms with E-state index in [9.17, 15) is 23.2 Å². The highest BCUT2D eigenvalue weighted by Crippen LogP contribution is 2.22. The molecule has 0 fully saturated rings. The number of rotatable bonds is 5. The maximum Gasteiger partial charge on any atom is 0.359 e. The van der Waals surface area contributed by atoms with Crippen LogP contribution in [-0.2, 0) is 11.3 Å². The number of benzene rings is 2. The Morgan fingerprint density at radius 3 is 2.43 bits per heavy atom. The highest BCUT2D eigenvalue weighted by Gasteiger charge is 2.22. The molecule has 0 bridgehead atoms. The lowest BCUT2D eigenvalue weighted by Crippen LogP contribution is -2.25. The molecule has 3 aromatic rings. The Labute approximate surface area is 173 Å². The minimum atomic E-state index is -1.29. The number of hydrogen-bond donors (Lipinski definition) is 2. The summed E-state index contributed by atoms with van der Waals surface area (Å²) in [4.78, 5) is 36.2. The Hall–Kier alpha value is -3.79. The van der Waals surface area contributed by atoms with Crippen LogP contribution >= 0.6 is 11.6 Å². The van der Waals surface area contributed by atoms with E-state index in [1.165, 1.54) is 0 Å². The van der Waals surface area contributed by atoms with Crippen molar-refractivity contribution in [1.82, 2.24) is 9.78 Å². The Bertz CT molecular complexity index is 1140. The standard InChI is InChI=1S/C19H13ClF2N4O4/c20-12-7-14(22)13(21)6-11(12)17(27)24-16-8-15(25-26(16)19(23)29)18(28)30-9-10-4-2-1-3-5-10/h1-8H,9H2,(H2,23,29)(H,24,27). The molecule has 3 rings (SSSR count). The number of primary amides is 1. The summed E-state index contributed by atoms with van der Waals surface area (Å²) in [6.07, 6.45) is 0. The third-order valence-electron chi connectivity index (χ3n) is 3.84. The van der Waals surface area contributed by atoms with Crippen LogP contribution in [0.4, 0.5) is 19.4 Å². The summed E-state index contributed by atoms with van der Waals surface area (Å²) >= 11 is 5.76. The van der Waals surface area contributed by atoms with Crippen molar-refractivity contribution in [3.05, 3.63) is 82.0 Å². The number of aromatic nitrogens is 2. The summed E-state index contributed by atoms with van der Waals surface area (Å²) in [6, 6.07) is 9.97. The topological polar surface area (TPSA) is 116 Å². The zero-order valence-electron chi connectivity index (χ0n) is 15.1. The maximum atomic E-state index is 13.4. The van der Waals surface area contributed by atoms with Crippen molar-refractivity contribution in [2.45, 2.75) is 6.61 Å². The van der Waals surface area contributed by atoms with Crippen molar-refractivity contribution in [1.29, 1.82) is 0 Å². The van der Waals surface area contributed by atoms with E-state index in [-0.39, 0.29) is 23.1 Å². The highest BCUT2D eigenvalue weighted by molar-refractivity contribution is 6.34. The number of amides is 2. The second-order valence-corrected chi connectivity index (χ2v) is 6.33. The molecule has 0 radical (unpaired) electrons. The summed E-state index contributed by atoms with van der Waals surface area (Å²) in [7, 11) is 0. The van der Waals surface area contributed by atoms with Gasteiger partial charge in [0.25, 0.3) is 5.91 Å². The zero-order chi connectivity index (χ0) is 21.8. The first-order chi connectivity index (χ1) is 14.3. The molecule has 0 aliphatic heterocycles. The number of halogens is 3. The summed E-state index contributed by atoms with van der Waals surface area (Å²) in [5, 5.41) is 5.57. The molecule has 11 heteroatoms. The Morgan fingerprint density at radius 1 is 1.10 bits per heavy atom. The summed E-state index contributed by atoms with van der Waals surface area (Å²) in [5.74, 6) is -4.68. The minimum Gasteiger partial charge on any atom is -0.456 e. The second-order valence-electron chi connectivity index (χ2n) is 5.93. The van der Waals surface area contributed by atoms with E-state index in [4.69, 9.17) is 22.1 Å². The van der Waals surface area contributed by atoms with Crippen molar-refractivity contribution in [2.24, 2.45) is 5.73 Å². The van der Waals surface area contributed by atoms with Gasteiger partial charge in [-0.25, -0.2) is 18.4 Å². The number of hydrogen-bond acceptors (Lipinski definition) is 5. The monoisotopic (exact) mass is 434 g/mol. The smallest absolute Gasteiger partial charge is 0.359 e. The van der Waals surface area contributed by atoms with Gasteiger partial charge in [0, 0.05) is 6.07 Å². The molecule has 0 atom stereocenters. The average molecular weight is 435 g/mol. The third-order valence-corrected chi connectivity index (χ3v) is 4.15. The van der Waals surface area contributed by atoms with Gasteiger partial charge in [0.15, 0.2) is 17.3 Å². The molecule has 0 saturated carbocycles. The molecule has 154 valence electrons. The van der Waals surface area contributed by atoms with Gasteiger partial charge >= 0.3 is 12.0 Å². The molecule has 2 aromatic carbocycles. The normalized spacial score (nSPS) is 10.5. The molecule has 1 aromatic heterocycles. The van der Waals surface area contributed by atoms with Crippen LogP contribution in [0.2, 0.25) is 5.02 Å². The van der Waals surface area contributed by atoms with Crippen LogP contribution in [0, 0.1) is 11.6 Å². The Balaban J connectivity index is 1.80. The van der Waals surface area contributed by atoms with Gasteiger partial charge in [-0.2, -0.15) is 9.78 Å². The van der Waals surface area contributed by atoms with Gasteiger partial charge in [-0.15, -0.1) is 0 Å². The average Bonchev–Trinajstić information content (AvgIpc) is 3.13. The van der Waals surface area contributed by atoms with Gasteiger partial charge in [-0.05, 0) is 17.7 Å². The van der Waals surface area contributed by atoms with Gasteiger partial charge in [-0.3, -0.25) is 4.79 Å². The first kappa shape index (κ1) is 20.9. The summed E-state index contributed by atoms with van der Waals surface area (Å²) in [5.41, 5.74) is 5.22. The molecule has 30 heavy (non-hydrogen) atoms. The van der Waals surface area contributed by atoms with E-state index < -0.39 is 35.1 Å². The van der Waals surface area contributed by atoms with Crippen molar-refractivity contribution >= 4 is 35.3 Å². The molecule has 1 heterocycles. The number of esters is 1. The zero-order valence-corrected chi connectivity index (χ0v) is 15.8. The minimum absolute atomic E-state index is 0.0464. The predicted molar refractivity (Wildman–Crippen MR) is 102 cm³/mol. The van der Waals surface area contributed by atoms with Crippen molar-refractivity contribution < 1.29 is 27.9 Å². The Morgan fingerprint density at radius 2 is 1.77 bits per heavy atom. The van der Waals surface area contributed by atoms with E-state index in [2.05, 4.69) is 10.4 Å². The molecule has 0 aliphatic rings. The van der Waals surface area contributed by atoms with Crippen LogP contribution in [-0.4, -0.2) is 27.7 Å². The van der Waals surface area contributed by atoms with Gasteiger partial charge in [-0.1, -0.05) is 41.9 Å². The highest BCUT2D eigenvalue weighted by atomic mass is 35.5. The molecule has 8 nitrogen and oxygen atoms in total. The lowest BCUT2D eigenvalue weighted by molar-refractivity contribution is 0.0465. The fraction of sp³-hybridized carbons (Fsp3) is 0.0526. The van der Waals surface area contributed by atoms with E-state index in [0.29, 0.717) is 16.8 Å². The lowest BCUT2D eigenvalue weighted by atomic mass is 10.2. The largest absolute Gasteiger partial charge is 0.456 e. The van der Waals surface area contributed by atoms with Crippen LogP contribution in [0.5, 0.6) is 0 Å². The first-order valence-electron chi connectivity index (χ1n) is 8.33. The van der Waals surface area contributed by atoms with Crippen molar-refractivity contribution in [3.8, 4) is 0 Å². The molecule has 0 saturated heterocycles.